The zero-order chi connectivity index (χ0) is 17.3. The first-order valence-corrected chi connectivity index (χ1v) is 7.60. The third-order valence-corrected chi connectivity index (χ3v) is 3.98. The monoisotopic (exact) mass is 331 g/mol. The number of nitrogens with zero attached hydrogens (tertiary/aromatic N) is 5. The van der Waals surface area contributed by atoms with Crippen LogP contribution in [0.2, 0.25) is 0 Å². The summed E-state index contributed by atoms with van der Waals surface area (Å²) in [5.74, 6) is 1.08. The lowest BCUT2D eigenvalue weighted by atomic mass is 10.1. The Morgan fingerprint density at radius 1 is 1.46 bits per heavy atom. The molecule has 0 bridgehead atoms. The number of anilines is 1. The van der Waals surface area contributed by atoms with Crippen molar-refractivity contribution in [2.45, 2.75) is 38.8 Å². The highest BCUT2D eigenvalue weighted by molar-refractivity contribution is 5.98. The molecule has 3 N–H and O–H groups in total. The zero-order valence-electron chi connectivity index (χ0n) is 13.1. The van der Waals surface area contributed by atoms with Crippen molar-refractivity contribution in [2.24, 2.45) is 5.73 Å². The molecule has 1 aliphatic rings. The lowest BCUT2D eigenvalue weighted by molar-refractivity contribution is -0.385. The number of primary amides is 1. The van der Waals surface area contributed by atoms with Gasteiger partial charge in [0.1, 0.15) is 17.8 Å². The molecule has 1 unspecified atom stereocenters. The van der Waals surface area contributed by atoms with E-state index in [2.05, 4.69) is 25.1 Å². The second-order valence-corrected chi connectivity index (χ2v) is 5.66. The highest BCUT2D eigenvalue weighted by atomic mass is 16.6. The minimum atomic E-state index is -0.788. The molecule has 0 spiro atoms. The van der Waals surface area contributed by atoms with Gasteiger partial charge in [-0.25, -0.2) is 4.98 Å². The van der Waals surface area contributed by atoms with Gasteiger partial charge in [-0.15, -0.1) is 10.2 Å². The fourth-order valence-electron chi connectivity index (χ4n) is 2.78. The summed E-state index contributed by atoms with van der Waals surface area (Å²) in [5.41, 5.74) is 4.99. The Hall–Kier alpha value is -3.04. The zero-order valence-corrected chi connectivity index (χ0v) is 13.1. The number of aryl methyl sites for hydroxylation is 1. The van der Waals surface area contributed by atoms with Crippen molar-refractivity contribution in [1.82, 2.24) is 19.7 Å². The summed E-state index contributed by atoms with van der Waals surface area (Å²) >= 11 is 0. The number of nitrogens with one attached hydrogen (secondary N) is 1. The van der Waals surface area contributed by atoms with Crippen molar-refractivity contribution in [1.29, 1.82) is 0 Å². The van der Waals surface area contributed by atoms with E-state index >= 15 is 0 Å². The number of hydrogen-bond acceptors (Lipinski definition) is 7. The summed E-state index contributed by atoms with van der Waals surface area (Å²) in [5, 5.41) is 22.3. The number of nitrogens with two attached hydrogens (primary N) is 1. The fourth-order valence-corrected chi connectivity index (χ4v) is 2.78. The van der Waals surface area contributed by atoms with Crippen LogP contribution in [0.25, 0.3) is 0 Å². The second-order valence-electron chi connectivity index (χ2n) is 5.66. The SMILES string of the molecule is CC(Nc1ncc([N+](=O)[O-])cc1C(N)=O)c1nnc2n1CCCC2. The molecule has 2 aromatic heterocycles. The number of carbonyl (C=O) groups excluding carboxylic acids is 1. The number of nitro groups is 1. The molecule has 10 nitrogen and oxygen atoms in total. The predicted octanol–water partition coefficient (Wildman–Crippen LogP) is 1.19. The average molecular weight is 331 g/mol. The summed E-state index contributed by atoms with van der Waals surface area (Å²) in [6.45, 7) is 2.71. The van der Waals surface area contributed by atoms with Crippen LogP contribution in [0.15, 0.2) is 12.3 Å². The molecule has 24 heavy (non-hydrogen) atoms. The second kappa shape index (κ2) is 6.22. The van der Waals surface area contributed by atoms with Crippen LogP contribution < -0.4 is 11.1 Å². The van der Waals surface area contributed by atoms with Crippen LogP contribution in [-0.2, 0) is 13.0 Å². The van der Waals surface area contributed by atoms with E-state index in [1.165, 1.54) is 0 Å². The Morgan fingerprint density at radius 3 is 2.96 bits per heavy atom. The number of pyridine rings is 1. The first kappa shape index (κ1) is 15.8. The molecule has 2 aromatic rings. The molecule has 1 aliphatic heterocycles. The smallest absolute Gasteiger partial charge is 0.288 e. The van der Waals surface area contributed by atoms with E-state index in [0.29, 0.717) is 0 Å². The molecule has 0 saturated heterocycles. The Balaban J connectivity index is 1.89. The molecule has 3 heterocycles. The molecule has 1 atom stereocenters. The minimum absolute atomic E-state index is 0.0329. The molecule has 0 radical (unpaired) electrons. The van der Waals surface area contributed by atoms with Crippen LogP contribution in [0.5, 0.6) is 0 Å². The van der Waals surface area contributed by atoms with E-state index in [1.807, 2.05) is 6.92 Å². The molecule has 1 amide bonds. The predicted molar refractivity (Wildman–Crippen MR) is 84.4 cm³/mol. The van der Waals surface area contributed by atoms with Crippen molar-refractivity contribution in [3.05, 3.63) is 39.6 Å². The standard InChI is InChI=1S/C14H17N7O3/c1-8(14-19-18-11-4-2-3-5-20(11)14)17-13-10(12(15)22)6-9(7-16-13)21(23)24/h6-8H,2-5H2,1H3,(H2,15,22)(H,16,17). The van der Waals surface area contributed by atoms with Gasteiger partial charge in [0.05, 0.1) is 16.5 Å². The lowest BCUT2D eigenvalue weighted by Gasteiger charge is -2.19. The Bertz CT molecular complexity index is 802. The molecule has 0 aromatic carbocycles. The van der Waals surface area contributed by atoms with E-state index < -0.39 is 10.8 Å². The van der Waals surface area contributed by atoms with Gasteiger partial charge in [0.25, 0.3) is 11.6 Å². The van der Waals surface area contributed by atoms with E-state index in [4.69, 9.17) is 5.73 Å². The number of aromatic nitrogens is 4. The molecular weight excluding hydrogens is 314 g/mol. The van der Waals surface area contributed by atoms with Gasteiger partial charge in [-0.1, -0.05) is 0 Å². The van der Waals surface area contributed by atoms with Crippen LogP contribution in [0, 0.1) is 10.1 Å². The highest BCUT2D eigenvalue weighted by Crippen LogP contribution is 2.24. The third-order valence-electron chi connectivity index (χ3n) is 3.98. The summed E-state index contributed by atoms with van der Waals surface area (Å²) in [6.07, 6.45) is 4.13. The van der Waals surface area contributed by atoms with E-state index in [-0.39, 0.29) is 23.1 Å². The van der Waals surface area contributed by atoms with Gasteiger partial charge in [0, 0.05) is 19.0 Å². The number of amides is 1. The number of fused-ring (bicyclic) bond motifs is 1. The Labute approximate surface area is 137 Å². The van der Waals surface area contributed by atoms with Crippen molar-refractivity contribution >= 4 is 17.4 Å². The molecule has 3 rings (SSSR count). The minimum Gasteiger partial charge on any atom is -0.365 e. The number of rotatable bonds is 5. The first-order valence-electron chi connectivity index (χ1n) is 7.60. The Kier molecular flexibility index (Phi) is 4.11. The fraction of sp³-hybridized carbons (Fsp3) is 0.429. The summed E-state index contributed by atoms with van der Waals surface area (Å²) in [4.78, 5) is 25.8. The third kappa shape index (κ3) is 2.90. The summed E-state index contributed by atoms with van der Waals surface area (Å²) in [7, 11) is 0. The topological polar surface area (TPSA) is 142 Å². The number of carbonyl (C=O) groups is 1. The van der Waals surface area contributed by atoms with Gasteiger partial charge >= 0.3 is 0 Å². The van der Waals surface area contributed by atoms with Crippen molar-refractivity contribution < 1.29 is 9.72 Å². The van der Waals surface area contributed by atoms with Crippen molar-refractivity contribution in [2.75, 3.05) is 5.32 Å². The van der Waals surface area contributed by atoms with Gasteiger partial charge in [0.2, 0.25) is 0 Å². The Morgan fingerprint density at radius 2 is 2.25 bits per heavy atom. The maximum atomic E-state index is 11.6. The van der Waals surface area contributed by atoms with Crippen molar-refractivity contribution in [3.63, 3.8) is 0 Å². The normalized spacial score (nSPS) is 14.7. The summed E-state index contributed by atoms with van der Waals surface area (Å²) < 4.78 is 2.05. The van der Waals surface area contributed by atoms with Crippen LogP contribution in [0.1, 0.15) is 47.8 Å². The molecular formula is C14H17N7O3. The van der Waals surface area contributed by atoms with Crippen LogP contribution in [0.4, 0.5) is 11.5 Å². The average Bonchev–Trinajstić information content (AvgIpc) is 2.98. The maximum Gasteiger partial charge on any atom is 0.288 e. The van der Waals surface area contributed by atoms with Gasteiger partial charge in [0.15, 0.2) is 5.82 Å². The molecule has 126 valence electrons. The van der Waals surface area contributed by atoms with E-state index in [1.54, 1.807) is 0 Å². The first-order chi connectivity index (χ1) is 11.5. The van der Waals surface area contributed by atoms with Crippen molar-refractivity contribution in [3.8, 4) is 0 Å². The van der Waals surface area contributed by atoms with Gasteiger partial charge in [-0.3, -0.25) is 14.9 Å². The van der Waals surface area contributed by atoms with Crippen LogP contribution in [0.3, 0.4) is 0 Å². The largest absolute Gasteiger partial charge is 0.365 e. The van der Waals surface area contributed by atoms with E-state index in [0.717, 1.165) is 49.7 Å². The molecule has 10 heteroatoms. The highest BCUT2D eigenvalue weighted by Gasteiger charge is 2.23. The number of hydrogen-bond donors (Lipinski definition) is 2. The quantitative estimate of drug-likeness (QED) is 0.619. The molecule has 0 saturated carbocycles. The van der Waals surface area contributed by atoms with E-state index in [9.17, 15) is 14.9 Å². The lowest BCUT2D eigenvalue weighted by Crippen LogP contribution is -2.21. The maximum absolute atomic E-state index is 11.6. The van der Waals surface area contributed by atoms with Gasteiger partial charge in [-0.05, 0) is 19.8 Å². The van der Waals surface area contributed by atoms with Crippen LogP contribution in [-0.4, -0.2) is 30.6 Å². The van der Waals surface area contributed by atoms with Crippen LogP contribution >= 0.6 is 0 Å². The molecule has 0 fully saturated rings. The van der Waals surface area contributed by atoms with Gasteiger partial charge < -0.3 is 15.6 Å². The molecule has 0 aliphatic carbocycles. The summed E-state index contributed by atoms with van der Waals surface area (Å²) in [6, 6.07) is 0.834. The van der Waals surface area contributed by atoms with Gasteiger partial charge in [-0.2, -0.15) is 0 Å².